The number of allylic oxidation sites excluding steroid dienone is 4. The lowest BCUT2D eigenvalue weighted by Crippen LogP contribution is -2.15. The summed E-state index contributed by atoms with van der Waals surface area (Å²) in [5.41, 5.74) is 12.5. The van der Waals surface area contributed by atoms with E-state index in [1.807, 2.05) is 0 Å². The van der Waals surface area contributed by atoms with Gasteiger partial charge in [0.2, 0.25) is 0 Å². The van der Waals surface area contributed by atoms with Crippen LogP contribution in [0, 0.1) is 0 Å². The Labute approximate surface area is 236 Å². The molecule has 40 heavy (non-hydrogen) atoms. The fourth-order valence-electron chi connectivity index (χ4n) is 6.62. The van der Waals surface area contributed by atoms with Crippen molar-refractivity contribution in [3.05, 3.63) is 138 Å². The van der Waals surface area contributed by atoms with Crippen molar-refractivity contribution in [1.82, 2.24) is 9.13 Å². The molecule has 0 saturated carbocycles. The van der Waals surface area contributed by atoms with E-state index in [2.05, 4.69) is 158 Å². The van der Waals surface area contributed by atoms with Gasteiger partial charge in [-0.1, -0.05) is 106 Å². The van der Waals surface area contributed by atoms with E-state index in [9.17, 15) is 0 Å². The van der Waals surface area contributed by atoms with Crippen LogP contribution in [0.4, 0.5) is 0 Å². The molecule has 2 aromatic heterocycles. The Morgan fingerprint density at radius 1 is 0.750 bits per heavy atom. The second-order valence-electron chi connectivity index (χ2n) is 11.3. The van der Waals surface area contributed by atoms with Crippen LogP contribution >= 0.6 is 0 Å². The number of nitrogens with zero attached hydrogens (tertiary/aromatic N) is 2. The summed E-state index contributed by atoms with van der Waals surface area (Å²) in [6.45, 7) is 9.00. The molecular formula is C38H34N2. The maximum absolute atomic E-state index is 2.51. The average molecular weight is 519 g/mol. The summed E-state index contributed by atoms with van der Waals surface area (Å²) in [7, 11) is 0. The van der Waals surface area contributed by atoms with Gasteiger partial charge in [-0.3, -0.25) is 9.13 Å². The molecule has 1 aliphatic heterocycles. The van der Waals surface area contributed by atoms with Gasteiger partial charge in [0.15, 0.2) is 0 Å². The van der Waals surface area contributed by atoms with Gasteiger partial charge in [0, 0.05) is 27.6 Å². The normalized spacial score (nSPS) is 14.3. The summed E-state index contributed by atoms with van der Waals surface area (Å²) in [5, 5.41) is 2.59. The van der Waals surface area contributed by atoms with E-state index in [0.29, 0.717) is 0 Å². The van der Waals surface area contributed by atoms with E-state index in [0.717, 1.165) is 6.42 Å². The smallest absolute Gasteiger partial charge is 0.130 e. The molecule has 3 heterocycles. The SMILES string of the molecule is CC=CC(=CCC)c1cc(-c2ccccc2)cc(-n2c3ccccc3c3cc4n(c32)-c2ccccc2C4(C)C)c1. The first-order valence-corrected chi connectivity index (χ1v) is 14.3. The monoisotopic (exact) mass is 518 g/mol. The van der Waals surface area contributed by atoms with E-state index < -0.39 is 0 Å². The van der Waals surface area contributed by atoms with Crippen LogP contribution in [0.1, 0.15) is 50.9 Å². The van der Waals surface area contributed by atoms with Crippen LogP contribution in [0.2, 0.25) is 0 Å². The summed E-state index contributed by atoms with van der Waals surface area (Å²) in [6.07, 6.45) is 7.68. The van der Waals surface area contributed by atoms with Gasteiger partial charge in [-0.05, 0) is 77.6 Å². The fourth-order valence-corrected chi connectivity index (χ4v) is 6.62. The number of rotatable bonds is 5. The maximum Gasteiger partial charge on any atom is 0.130 e. The number of hydrogen-bond donors (Lipinski definition) is 0. The Balaban J connectivity index is 1.61. The van der Waals surface area contributed by atoms with Crippen LogP contribution in [0.15, 0.2) is 121 Å². The second-order valence-corrected chi connectivity index (χ2v) is 11.3. The van der Waals surface area contributed by atoms with E-state index in [-0.39, 0.29) is 5.41 Å². The number of benzene rings is 4. The van der Waals surface area contributed by atoms with Crippen LogP contribution < -0.4 is 0 Å². The molecule has 7 rings (SSSR count). The minimum atomic E-state index is -0.0679. The van der Waals surface area contributed by atoms with E-state index >= 15 is 0 Å². The van der Waals surface area contributed by atoms with Crippen molar-refractivity contribution < 1.29 is 0 Å². The predicted octanol–water partition coefficient (Wildman–Crippen LogP) is 10.3. The molecule has 0 amide bonds. The van der Waals surface area contributed by atoms with Gasteiger partial charge in [-0.25, -0.2) is 0 Å². The quantitative estimate of drug-likeness (QED) is 0.201. The Kier molecular flexibility index (Phi) is 5.68. The average Bonchev–Trinajstić information content (AvgIpc) is 3.59. The van der Waals surface area contributed by atoms with Crippen LogP contribution in [0.3, 0.4) is 0 Å². The summed E-state index contributed by atoms with van der Waals surface area (Å²) in [5.74, 6) is 0. The lowest BCUT2D eigenvalue weighted by atomic mass is 9.83. The lowest BCUT2D eigenvalue weighted by molar-refractivity contribution is 0.644. The summed E-state index contributed by atoms with van der Waals surface area (Å²) in [4.78, 5) is 0. The zero-order valence-electron chi connectivity index (χ0n) is 23.6. The van der Waals surface area contributed by atoms with Crippen LogP contribution in [-0.2, 0) is 5.41 Å². The molecule has 1 aliphatic rings. The minimum absolute atomic E-state index is 0.0679. The first-order chi connectivity index (χ1) is 19.5. The molecule has 0 aliphatic carbocycles. The van der Waals surface area contributed by atoms with Gasteiger partial charge < -0.3 is 0 Å². The standard InChI is InChI=1S/C38H34N2/c1-5-14-26(15-6-2)28-22-29(27-16-8-7-9-17-27)24-30(23-28)39-34-20-12-10-18-31(34)32-25-36-38(3,4)33-19-11-13-21-35(33)40(36)37(32)39/h5,7-25H,6H2,1-4H3. The molecule has 0 N–H and O–H groups in total. The lowest BCUT2D eigenvalue weighted by Gasteiger charge is -2.18. The van der Waals surface area contributed by atoms with Gasteiger partial charge >= 0.3 is 0 Å². The van der Waals surface area contributed by atoms with Crippen LogP contribution in [0.5, 0.6) is 0 Å². The zero-order valence-corrected chi connectivity index (χ0v) is 23.6. The third-order valence-electron chi connectivity index (χ3n) is 8.47. The minimum Gasteiger partial charge on any atom is -0.298 e. The Morgan fingerprint density at radius 2 is 1.50 bits per heavy atom. The highest BCUT2D eigenvalue weighted by molar-refractivity contribution is 6.10. The molecule has 6 aromatic rings. The van der Waals surface area contributed by atoms with Crippen molar-refractivity contribution in [2.24, 2.45) is 0 Å². The van der Waals surface area contributed by atoms with Crippen molar-refractivity contribution in [1.29, 1.82) is 0 Å². The number of hydrogen-bond acceptors (Lipinski definition) is 0. The molecule has 0 fully saturated rings. The summed E-state index contributed by atoms with van der Waals surface area (Å²) in [6, 6.07) is 38.0. The van der Waals surface area contributed by atoms with Crippen LogP contribution in [0.25, 0.3) is 50.0 Å². The van der Waals surface area contributed by atoms with Crippen molar-refractivity contribution >= 4 is 27.5 Å². The highest BCUT2D eigenvalue weighted by Gasteiger charge is 2.38. The molecule has 0 bridgehead atoms. The molecule has 2 heteroatoms. The molecule has 0 radical (unpaired) electrons. The van der Waals surface area contributed by atoms with Crippen molar-refractivity contribution in [3.8, 4) is 22.5 Å². The molecule has 0 saturated heterocycles. The van der Waals surface area contributed by atoms with Crippen molar-refractivity contribution in [2.45, 2.75) is 39.5 Å². The van der Waals surface area contributed by atoms with Gasteiger partial charge in [0.05, 0.1) is 11.2 Å². The highest BCUT2D eigenvalue weighted by Crippen LogP contribution is 2.48. The summed E-state index contributed by atoms with van der Waals surface area (Å²) < 4.78 is 5.00. The largest absolute Gasteiger partial charge is 0.298 e. The van der Waals surface area contributed by atoms with E-state index in [4.69, 9.17) is 0 Å². The first kappa shape index (κ1) is 24.5. The Bertz CT molecular complexity index is 1960. The summed E-state index contributed by atoms with van der Waals surface area (Å²) >= 11 is 0. The Morgan fingerprint density at radius 3 is 2.30 bits per heavy atom. The second kappa shape index (κ2) is 9.27. The predicted molar refractivity (Wildman–Crippen MR) is 171 cm³/mol. The molecule has 2 nitrogen and oxygen atoms in total. The van der Waals surface area contributed by atoms with Gasteiger partial charge in [0.25, 0.3) is 0 Å². The Hall–Kier alpha value is -4.56. The van der Waals surface area contributed by atoms with Crippen LogP contribution in [-0.4, -0.2) is 9.13 Å². The van der Waals surface area contributed by atoms with E-state index in [1.165, 1.54) is 66.8 Å². The number of para-hydroxylation sites is 2. The van der Waals surface area contributed by atoms with E-state index in [1.54, 1.807) is 0 Å². The molecule has 196 valence electrons. The third-order valence-corrected chi connectivity index (χ3v) is 8.47. The number of aromatic nitrogens is 2. The third kappa shape index (κ3) is 3.56. The van der Waals surface area contributed by atoms with Crippen molar-refractivity contribution in [3.63, 3.8) is 0 Å². The maximum atomic E-state index is 2.51. The molecule has 0 atom stereocenters. The van der Waals surface area contributed by atoms with Gasteiger partial charge in [-0.2, -0.15) is 0 Å². The molecular weight excluding hydrogens is 484 g/mol. The number of fused-ring (bicyclic) bond motifs is 7. The first-order valence-electron chi connectivity index (χ1n) is 14.3. The molecule has 0 unspecified atom stereocenters. The van der Waals surface area contributed by atoms with Crippen molar-refractivity contribution in [2.75, 3.05) is 0 Å². The zero-order chi connectivity index (χ0) is 27.4. The van der Waals surface area contributed by atoms with Gasteiger partial charge in [-0.15, -0.1) is 0 Å². The molecule has 0 spiro atoms. The highest BCUT2D eigenvalue weighted by atomic mass is 15.2. The fraction of sp³-hybridized carbons (Fsp3) is 0.158. The topological polar surface area (TPSA) is 9.86 Å². The molecule has 4 aromatic carbocycles. The van der Waals surface area contributed by atoms with Gasteiger partial charge in [0.1, 0.15) is 5.65 Å².